The smallest absolute Gasteiger partial charge is 0.254 e. The molecule has 2 aromatic heterocycles. The molecule has 0 saturated carbocycles. The van der Waals surface area contributed by atoms with Crippen LogP contribution in [0.25, 0.3) is 11.4 Å². The van der Waals surface area contributed by atoms with Crippen LogP contribution in [-0.2, 0) is 0 Å². The Labute approximate surface area is 158 Å². The maximum absolute atomic E-state index is 11.9. The summed E-state index contributed by atoms with van der Waals surface area (Å²) in [5.41, 5.74) is 4.27. The van der Waals surface area contributed by atoms with E-state index in [0.717, 1.165) is 34.0 Å². The van der Waals surface area contributed by atoms with Crippen molar-refractivity contribution in [2.75, 3.05) is 18.5 Å². The number of para-hydroxylation sites is 1. The maximum Gasteiger partial charge on any atom is 0.254 e. The highest BCUT2D eigenvalue weighted by atomic mass is 16.5. The molecular formula is C21H24N4O2. The van der Waals surface area contributed by atoms with Gasteiger partial charge in [0.25, 0.3) is 5.56 Å². The van der Waals surface area contributed by atoms with Gasteiger partial charge in [-0.25, -0.2) is 9.97 Å². The van der Waals surface area contributed by atoms with Crippen molar-refractivity contribution in [3.63, 3.8) is 0 Å². The second-order valence-electron chi connectivity index (χ2n) is 6.55. The Hall–Kier alpha value is -3.15. The maximum atomic E-state index is 11.9. The third-order valence-corrected chi connectivity index (χ3v) is 4.50. The monoisotopic (exact) mass is 364 g/mol. The fraction of sp³-hybridized carbons (Fsp3) is 0.286. The van der Waals surface area contributed by atoms with Gasteiger partial charge >= 0.3 is 0 Å². The van der Waals surface area contributed by atoms with Crippen LogP contribution >= 0.6 is 0 Å². The zero-order chi connectivity index (χ0) is 19.4. The topological polar surface area (TPSA) is 79.9 Å². The number of nitrogens with zero attached hydrogens (tertiary/aromatic N) is 2. The number of aromatic amines is 1. The number of aromatic nitrogens is 3. The average molecular weight is 364 g/mol. The standard InChI is InChI=1S/C21H24N4O2/c1-13-6-5-7-14(2)19(13)27-11-10-22-18-9-8-17(12-23-18)20-24-16(4)15(3)21(26)25-20/h5-9,12H,10-11H2,1-4H3,(H,22,23)(H,24,25,26). The number of hydrogen-bond acceptors (Lipinski definition) is 5. The second kappa shape index (κ2) is 8.03. The van der Waals surface area contributed by atoms with Crippen LogP contribution in [0.15, 0.2) is 41.3 Å². The summed E-state index contributed by atoms with van der Waals surface area (Å²) in [7, 11) is 0. The molecule has 0 unspecified atom stereocenters. The molecule has 2 N–H and O–H groups in total. The van der Waals surface area contributed by atoms with E-state index in [1.807, 2.05) is 51.1 Å². The van der Waals surface area contributed by atoms with Gasteiger partial charge in [0.2, 0.25) is 0 Å². The highest BCUT2D eigenvalue weighted by Crippen LogP contribution is 2.22. The summed E-state index contributed by atoms with van der Waals surface area (Å²) in [5.74, 6) is 2.21. The number of H-pyrrole nitrogens is 1. The lowest BCUT2D eigenvalue weighted by atomic mass is 10.1. The minimum atomic E-state index is -0.122. The summed E-state index contributed by atoms with van der Waals surface area (Å²) in [6.45, 7) is 8.85. The number of aryl methyl sites for hydroxylation is 3. The van der Waals surface area contributed by atoms with Crippen LogP contribution in [0.1, 0.15) is 22.4 Å². The van der Waals surface area contributed by atoms with Crippen molar-refractivity contribution in [1.82, 2.24) is 15.0 Å². The van der Waals surface area contributed by atoms with Gasteiger partial charge in [-0.05, 0) is 51.0 Å². The molecule has 0 aliphatic carbocycles. The molecule has 0 atom stereocenters. The molecule has 27 heavy (non-hydrogen) atoms. The largest absolute Gasteiger partial charge is 0.491 e. The summed E-state index contributed by atoms with van der Waals surface area (Å²) in [6, 6.07) is 9.86. The van der Waals surface area contributed by atoms with Crippen LogP contribution in [0.2, 0.25) is 0 Å². The number of benzene rings is 1. The first kappa shape index (κ1) is 18.6. The molecule has 6 heteroatoms. The van der Waals surface area contributed by atoms with Gasteiger partial charge in [-0.1, -0.05) is 18.2 Å². The summed E-state index contributed by atoms with van der Waals surface area (Å²) in [4.78, 5) is 23.5. The summed E-state index contributed by atoms with van der Waals surface area (Å²) >= 11 is 0. The van der Waals surface area contributed by atoms with Crippen molar-refractivity contribution in [2.45, 2.75) is 27.7 Å². The molecule has 0 aliphatic heterocycles. The quantitative estimate of drug-likeness (QED) is 0.654. The lowest BCUT2D eigenvalue weighted by Gasteiger charge is -2.12. The van der Waals surface area contributed by atoms with Crippen LogP contribution in [-0.4, -0.2) is 28.1 Å². The molecule has 3 rings (SSSR count). The van der Waals surface area contributed by atoms with Crippen LogP contribution in [0.3, 0.4) is 0 Å². The molecule has 1 aromatic carbocycles. The van der Waals surface area contributed by atoms with E-state index in [4.69, 9.17) is 4.74 Å². The molecule has 0 spiro atoms. The number of rotatable bonds is 6. The van der Waals surface area contributed by atoms with Gasteiger partial charge in [-0.15, -0.1) is 0 Å². The summed E-state index contributed by atoms with van der Waals surface area (Å²) in [6.07, 6.45) is 1.70. The Balaban J connectivity index is 1.59. The van der Waals surface area contributed by atoms with Gasteiger partial charge in [0.15, 0.2) is 0 Å². The molecule has 0 amide bonds. The van der Waals surface area contributed by atoms with E-state index in [2.05, 4.69) is 20.3 Å². The first-order chi connectivity index (χ1) is 13.0. The Morgan fingerprint density at radius 1 is 1.07 bits per heavy atom. The fourth-order valence-electron chi connectivity index (χ4n) is 2.78. The molecule has 140 valence electrons. The van der Waals surface area contributed by atoms with E-state index in [1.54, 1.807) is 13.1 Å². The van der Waals surface area contributed by atoms with Gasteiger partial charge in [-0.3, -0.25) is 4.79 Å². The van der Waals surface area contributed by atoms with Crippen molar-refractivity contribution >= 4 is 5.82 Å². The van der Waals surface area contributed by atoms with Crippen LogP contribution in [0.4, 0.5) is 5.82 Å². The molecule has 0 fully saturated rings. The van der Waals surface area contributed by atoms with E-state index in [0.29, 0.717) is 24.5 Å². The Bertz CT molecular complexity index is 974. The molecular weight excluding hydrogens is 340 g/mol. The molecule has 0 bridgehead atoms. The molecule has 0 aliphatic rings. The van der Waals surface area contributed by atoms with Gasteiger partial charge in [0, 0.05) is 23.0 Å². The number of nitrogens with one attached hydrogen (secondary N) is 2. The van der Waals surface area contributed by atoms with Crippen molar-refractivity contribution in [2.24, 2.45) is 0 Å². The van der Waals surface area contributed by atoms with Crippen LogP contribution in [0.5, 0.6) is 5.75 Å². The zero-order valence-electron chi connectivity index (χ0n) is 16.1. The fourth-order valence-corrected chi connectivity index (χ4v) is 2.78. The highest BCUT2D eigenvalue weighted by molar-refractivity contribution is 5.56. The van der Waals surface area contributed by atoms with Crippen LogP contribution in [0, 0.1) is 27.7 Å². The minimum Gasteiger partial charge on any atom is -0.491 e. The van der Waals surface area contributed by atoms with Crippen molar-refractivity contribution in [3.05, 3.63) is 69.3 Å². The predicted octanol–water partition coefficient (Wildman–Crippen LogP) is 3.56. The predicted molar refractivity (Wildman–Crippen MR) is 107 cm³/mol. The van der Waals surface area contributed by atoms with E-state index in [-0.39, 0.29) is 5.56 Å². The normalized spacial score (nSPS) is 10.7. The van der Waals surface area contributed by atoms with E-state index in [1.165, 1.54) is 0 Å². The summed E-state index contributed by atoms with van der Waals surface area (Å²) in [5, 5.41) is 3.24. The lowest BCUT2D eigenvalue weighted by molar-refractivity contribution is 0.328. The van der Waals surface area contributed by atoms with Crippen molar-refractivity contribution < 1.29 is 4.74 Å². The van der Waals surface area contributed by atoms with E-state index >= 15 is 0 Å². The molecule has 0 saturated heterocycles. The third-order valence-electron chi connectivity index (χ3n) is 4.50. The van der Waals surface area contributed by atoms with E-state index in [9.17, 15) is 4.79 Å². The van der Waals surface area contributed by atoms with Crippen LogP contribution < -0.4 is 15.6 Å². The van der Waals surface area contributed by atoms with Gasteiger partial charge in [0.05, 0.1) is 6.54 Å². The molecule has 6 nitrogen and oxygen atoms in total. The van der Waals surface area contributed by atoms with Crippen molar-refractivity contribution in [1.29, 1.82) is 0 Å². The van der Waals surface area contributed by atoms with Gasteiger partial charge in [0.1, 0.15) is 24.0 Å². The molecule has 3 aromatic rings. The molecule has 2 heterocycles. The third kappa shape index (κ3) is 4.34. The Morgan fingerprint density at radius 2 is 1.81 bits per heavy atom. The first-order valence-corrected chi connectivity index (χ1v) is 8.92. The zero-order valence-corrected chi connectivity index (χ0v) is 16.1. The van der Waals surface area contributed by atoms with E-state index < -0.39 is 0 Å². The Morgan fingerprint density at radius 3 is 2.44 bits per heavy atom. The second-order valence-corrected chi connectivity index (χ2v) is 6.55. The summed E-state index contributed by atoms with van der Waals surface area (Å²) < 4.78 is 5.88. The molecule has 0 radical (unpaired) electrons. The number of hydrogen-bond donors (Lipinski definition) is 2. The number of anilines is 1. The highest BCUT2D eigenvalue weighted by Gasteiger charge is 2.07. The number of ether oxygens (including phenoxy) is 1. The van der Waals surface area contributed by atoms with Crippen molar-refractivity contribution in [3.8, 4) is 17.1 Å². The first-order valence-electron chi connectivity index (χ1n) is 8.92. The average Bonchev–Trinajstić information content (AvgIpc) is 2.65. The number of pyridine rings is 1. The Kier molecular flexibility index (Phi) is 5.54. The van der Waals surface area contributed by atoms with Gasteiger partial charge in [-0.2, -0.15) is 0 Å². The lowest BCUT2D eigenvalue weighted by Crippen LogP contribution is -2.15. The van der Waals surface area contributed by atoms with Gasteiger partial charge < -0.3 is 15.0 Å². The minimum absolute atomic E-state index is 0.122. The SMILES string of the molecule is Cc1cccc(C)c1OCCNc1ccc(-c2nc(C)c(C)c(=O)[nH]2)cn1.